The highest BCUT2D eigenvalue weighted by molar-refractivity contribution is 6.10. The smallest absolute Gasteiger partial charge is 0.292 e. The molecule has 7 heteroatoms. The highest BCUT2D eigenvalue weighted by Crippen LogP contribution is 2.18. The average Bonchev–Trinajstić information content (AvgIpc) is 3.11. The van der Waals surface area contributed by atoms with E-state index in [4.69, 9.17) is 0 Å². The van der Waals surface area contributed by atoms with E-state index in [-0.39, 0.29) is 17.2 Å². The summed E-state index contributed by atoms with van der Waals surface area (Å²) in [6.07, 6.45) is 1.63. The number of anilines is 2. The molecule has 0 unspecified atom stereocenters. The molecule has 2 aromatic carbocycles. The molecule has 0 aliphatic heterocycles. The summed E-state index contributed by atoms with van der Waals surface area (Å²) >= 11 is 0. The zero-order chi connectivity index (χ0) is 20.4. The van der Waals surface area contributed by atoms with Gasteiger partial charge in [0, 0.05) is 11.9 Å². The van der Waals surface area contributed by atoms with Crippen LogP contribution in [0.2, 0.25) is 0 Å². The van der Waals surface area contributed by atoms with Gasteiger partial charge in [-0.25, -0.2) is 9.37 Å². The second-order valence-corrected chi connectivity index (χ2v) is 6.49. The van der Waals surface area contributed by atoms with Crippen LogP contribution >= 0.6 is 0 Å². The van der Waals surface area contributed by atoms with E-state index >= 15 is 0 Å². The van der Waals surface area contributed by atoms with Crippen molar-refractivity contribution in [2.75, 3.05) is 10.6 Å². The molecule has 0 spiro atoms. The summed E-state index contributed by atoms with van der Waals surface area (Å²) in [5.74, 6) is -1.63. The van der Waals surface area contributed by atoms with Crippen molar-refractivity contribution in [3.05, 3.63) is 95.8 Å². The van der Waals surface area contributed by atoms with Gasteiger partial charge in [-0.2, -0.15) is 0 Å². The lowest BCUT2D eigenvalue weighted by atomic mass is 10.2. The molecule has 29 heavy (non-hydrogen) atoms. The number of aromatic nitrogens is 2. The summed E-state index contributed by atoms with van der Waals surface area (Å²) in [6.45, 7) is 1.95. The lowest BCUT2D eigenvalue weighted by molar-refractivity contribution is 0.101. The Morgan fingerprint density at radius 2 is 1.62 bits per heavy atom. The van der Waals surface area contributed by atoms with E-state index in [1.807, 2.05) is 19.1 Å². The van der Waals surface area contributed by atoms with Crippen LogP contribution < -0.4 is 10.6 Å². The van der Waals surface area contributed by atoms with Gasteiger partial charge in [-0.1, -0.05) is 35.9 Å². The quantitative estimate of drug-likeness (QED) is 0.548. The van der Waals surface area contributed by atoms with Gasteiger partial charge in [0.2, 0.25) is 5.82 Å². The van der Waals surface area contributed by atoms with Crippen LogP contribution in [0.25, 0.3) is 5.52 Å². The summed E-state index contributed by atoms with van der Waals surface area (Å²) in [5, 5.41) is 5.28. The van der Waals surface area contributed by atoms with Crippen LogP contribution in [0.3, 0.4) is 0 Å². The fourth-order valence-corrected chi connectivity index (χ4v) is 2.93. The lowest BCUT2D eigenvalue weighted by Crippen LogP contribution is -2.17. The largest absolute Gasteiger partial charge is 0.321 e. The summed E-state index contributed by atoms with van der Waals surface area (Å²) in [7, 11) is 0. The number of rotatable bonds is 4. The molecular weight excluding hydrogens is 371 g/mol. The SMILES string of the molecule is Cc1ccc(NC(=O)c2nc(C(=O)Nc3ccccc3F)n3ccccc23)cc1. The normalized spacial score (nSPS) is 10.7. The van der Waals surface area contributed by atoms with Gasteiger partial charge in [-0.15, -0.1) is 0 Å². The summed E-state index contributed by atoms with van der Waals surface area (Å²) in [6, 6.07) is 18.3. The molecule has 2 N–H and O–H groups in total. The number of nitrogens with one attached hydrogen (secondary N) is 2. The maximum Gasteiger partial charge on any atom is 0.292 e. The Morgan fingerprint density at radius 3 is 2.38 bits per heavy atom. The Kier molecular flexibility index (Phi) is 4.78. The van der Waals surface area contributed by atoms with Gasteiger partial charge in [0.25, 0.3) is 11.8 Å². The monoisotopic (exact) mass is 388 g/mol. The van der Waals surface area contributed by atoms with Crippen LogP contribution in [-0.2, 0) is 0 Å². The Hall–Kier alpha value is -4.00. The number of nitrogens with zero attached hydrogens (tertiary/aromatic N) is 2. The fraction of sp³-hybridized carbons (Fsp3) is 0.0455. The van der Waals surface area contributed by atoms with Crippen LogP contribution in [0.1, 0.15) is 26.7 Å². The van der Waals surface area contributed by atoms with Crippen molar-refractivity contribution in [3.8, 4) is 0 Å². The van der Waals surface area contributed by atoms with Gasteiger partial charge in [0.1, 0.15) is 5.82 Å². The van der Waals surface area contributed by atoms with Crippen molar-refractivity contribution in [1.82, 2.24) is 9.38 Å². The molecule has 2 aromatic heterocycles. The number of aryl methyl sites for hydroxylation is 1. The van der Waals surface area contributed by atoms with Crippen LogP contribution in [-0.4, -0.2) is 21.2 Å². The predicted molar refractivity (Wildman–Crippen MR) is 109 cm³/mol. The number of pyridine rings is 1. The minimum Gasteiger partial charge on any atom is -0.321 e. The first-order valence-electron chi connectivity index (χ1n) is 8.94. The Morgan fingerprint density at radius 1 is 0.897 bits per heavy atom. The number of carbonyl (C=O) groups excluding carboxylic acids is 2. The molecule has 0 saturated heterocycles. The maximum atomic E-state index is 13.9. The Balaban J connectivity index is 1.67. The van der Waals surface area contributed by atoms with Gasteiger partial charge in [-0.05, 0) is 43.3 Å². The highest BCUT2D eigenvalue weighted by Gasteiger charge is 2.22. The molecule has 2 amide bonds. The van der Waals surface area contributed by atoms with E-state index in [9.17, 15) is 14.0 Å². The third-order valence-corrected chi connectivity index (χ3v) is 4.40. The van der Waals surface area contributed by atoms with Gasteiger partial charge in [-0.3, -0.25) is 14.0 Å². The van der Waals surface area contributed by atoms with Crippen molar-refractivity contribution in [3.63, 3.8) is 0 Å². The topological polar surface area (TPSA) is 75.5 Å². The second kappa shape index (κ2) is 7.55. The first-order valence-corrected chi connectivity index (χ1v) is 8.94. The van der Waals surface area contributed by atoms with Gasteiger partial charge >= 0.3 is 0 Å². The molecule has 144 valence electrons. The molecule has 0 fully saturated rings. The number of amides is 2. The minimum atomic E-state index is -0.620. The lowest BCUT2D eigenvalue weighted by Gasteiger charge is -2.05. The number of imidazole rings is 1. The zero-order valence-corrected chi connectivity index (χ0v) is 15.5. The number of benzene rings is 2. The van der Waals surface area contributed by atoms with E-state index in [1.165, 1.54) is 22.6 Å². The number of hydrogen-bond acceptors (Lipinski definition) is 3. The molecule has 2 heterocycles. The van der Waals surface area contributed by atoms with Crippen molar-refractivity contribution < 1.29 is 14.0 Å². The molecule has 0 saturated carbocycles. The van der Waals surface area contributed by atoms with Crippen LogP contribution in [0.4, 0.5) is 15.8 Å². The molecule has 4 rings (SSSR count). The van der Waals surface area contributed by atoms with E-state index in [2.05, 4.69) is 15.6 Å². The van der Waals surface area contributed by atoms with Crippen molar-refractivity contribution in [2.24, 2.45) is 0 Å². The first-order chi connectivity index (χ1) is 14.0. The molecular formula is C22H17FN4O2. The minimum absolute atomic E-state index is 0.0158. The first kappa shape index (κ1) is 18.4. The van der Waals surface area contributed by atoms with Gasteiger partial charge in [0.05, 0.1) is 11.2 Å². The Labute approximate surface area is 166 Å². The third kappa shape index (κ3) is 3.70. The van der Waals surface area contributed by atoms with Gasteiger partial charge < -0.3 is 10.6 Å². The molecule has 0 bridgehead atoms. The van der Waals surface area contributed by atoms with E-state index in [1.54, 1.807) is 42.6 Å². The molecule has 0 aliphatic rings. The van der Waals surface area contributed by atoms with Crippen LogP contribution in [0.15, 0.2) is 72.9 Å². The molecule has 0 aliphatic carbocycles. The highest BCUT2D eigenvalue weighted by atomic mass is 19.1. The third-order valence-electron chi connectivity index (χ3n) is 4.40. The van der Waals surface area contributed by atoms with E-state index in [0.717, 1.165) is 5.56 Å². The molecule has 0 atom stereocenters. The summed E-state index contributed by atoms with van der Waals surface area (Å²) in [4.78, 5) is 29.7. The van der Waals surface area contributed by atoms with Crippen LogP contribution in [0, 0.1) is 12.7 Å². The summed E-state index contributed by atoms with van der Waals surface area (Å²) < 4.78 is 15.4. The molecule has 4 aromatic rings. The number of halogens is 1. The maximum absolute atomic E-state index is 13.9. The summed E-state index contributed by atoms with van der Waals surface area (Å²) in [5.41, 5.74) is 2.30. The van der Waals surface area contributed by atoms with Crippen molar-refractivity contribution >= 4 is 28.7 Å². The predicted octanol–water partition coefficient (Wildman–Crippen LogP) is 4.29. The number of carbonyl (C=O) groups is 2. The molecule has 6 nitrogen and oxygen atoms in total. The molecule has 0 radical (unpaired) electrons. The van der Waals surface area contributed by atoms with E-state index in [0.29, 0.717) is 11.2 Å². The van der Waals surface area contributed by atoms with Crippen molar-refractivity contribution in [2.45, 2.75) is 6.92 Å². The van der Waals surface area contributed by atoms with Crippen LogP contribution in [0.5, 0.6) is 0 Å². The Bertz CT molecular complexity index is 1220. The number of hydrogen-bond donors (Lipinski definition) is 2. The average molecular weight is 388 g/mol. The van der Waals surface area contributed by atoms with E-state index < -0.39 is 17.6 Å². The number of fused-ring (bicyclic) bond motifs is 1. The second-order valence-electron chi connectivity index (χ2n) is 6.49. The van der Waals surface area contributed by atoms with Gasteiger partial charge in [0.15, 0.2) is 5.69 Å². The standard InChI is InChI=1S/C22H17FN4O2/c1-14-9-11-15(12-10-14)24-21(28)19-18-8-4-5-13-27(18)20(26-19)22(29)25-17-7-3-2-6-16(17)23/h2-13H,1H3,(H,24,28)(H,25,29). The fourth-order valence-electron chi connectivity index (χ4n) is 2.93. The number of para-hydroxylation sites is 1. The zero-order valence-electron chi connectivity index (χ0n) is 15.5. The van der Waals surface area contributed by atoms with Crippen molar-refractivity contribution in [1.29, 1.82) is 0 Å².